The molecule has 9 heterocycles. The highest BCUT2D eigenvalue weighted by molar-refractivity contribution is 9.11. The maximum Gasteiger partial charge on any atom is 0.299 e. The molecule has 0 spiro atoms. The number of anilines is 5. The number of Topliss-reactive ketones (excluding diaryl/α,β-unsaturated/α-hetero) is 1. The van der Waals surface area contributed by atoms with Gasteiger partial charge in [0.05, 0.1) is 38.0 Å². The lowest BCUT2D eigenvalue weighted by Gasteiger charge is -2.25. The molecule has 1 saturated carbocycles. The van der Waals surface area contributed by atoms with E-state index in [0.717, 1.165) is 114 Å². The minimum atomic E-state index is 0. The Bertz CT molecular complexity index is 3760. The molecule has 19 nitrogen and oxygen atoms in total. The van der Waals surface area contributed by atoms with E-state index in [-0.39, 0.29) is 18.7 Å². The molecule has 10 aromatic rings. The number of ether oxygens (including phenoxy) is 2. The van der Waals surface area contributed by atoms with Gasteiger partial charge in [0.25, 0.3) is 17.4 Å². The number of hydrogen-bond donors (Lipinski definition) is 2. The van der Waals surface area contributed by atoms with Gasteiger partial charge in [-0.25, -0.2) is 39.9 Å². The van der Waals surface area contributed by atoms with Gasteiger partial charge in [0.15, 0.2) is 29.4 Å². The second-order valence-corrected chi connectivity index (χ2v) is 22.1. The minimum absolute atomic E-state index is 0. The second kappa shape index (κ2) is 34.6. The zero-order valence-corrected chi connectivity index (χ0v) is 53.3. The first-order valence-corrected chi connectivity index (χ1v) is 30.5. The number of carbonyl (C=O) groups excluding carboxylic acids is 2. The van der Waals surface area contributed by atoms with E-state index in [9.17, 15) is 9.59 Å². The van der Waals surface area contributed by atoms with E-state index in [1.807, 2.05) is 88.4 Å². The van der Waals surface area contributed by atoms with Crippen LogP contribution >= 0.6 is 59.4 Å². The van der Waals surface area contributed by atoms with Crippen LogP contribution in [0.25, 0.3) is 45.3 Å². The minimum Gasteiger partial charge on any atom is -0.444 e. The topological polar surface area (TPSA) is 236 Å². The average Bonchev–Trinajstić information content (AvgIpc) is 3.68. The van der Waals surface area contributed by atoms with Crippen molar-refractivity contribution in [2.75, 3.05) is 35.3 Å². The van der Waals surface area contributed by atoms with Gasteiger partial charge in [-0.2, -0.15) is 0 Å². The summed E-state index contributed by atoms with van der Waals surface area (Å²) < 4.78 is 35.2. The smallest absolute Gasteiger partial charge is 0.299 e. The number of benzene rings is 2. The number of rotatable bonds is 15. The van der Waals surface area contributed by atoms with Gasteiger partial charge in [-0.05, 0) is 196 Å². The summed E-state index contributed by atoms with van der Waals surface area (Å²) in [5.74, 6) is 3.92. The van der Waals surface area contributed by atoms with E-state index >= 15 is 0 Å². The number of halogens is 4. The number of carbonyl (C=O) groups is 2. The number of ketones is 1. The highest BCUT2D eigenvalue weighted by Crippen LogP contribution is 2.31. The summed E-state index contributed by atoms with van der Waals surface area (Å²) >= 11 is 15.4. The van der Waals surface area contributed by atoms with Crippen LogP contribution in [0.5, 0.6) is 0 Å². The lowest BCUT2D eigenvalue weighted by Crippen LogP contribution is -2.35. The number of aromatic nitrogens is 8. The van der Waals surface area contributed by atoms with Crippen molar-refractivity contribution in [3.05, 3.63) is 182 Å². The van der Waals surface area contributed by atoms with Crippen LogP contribution in [0, 0.1) is 13.8 Å². The van der Waals surface area contributed by atoms with Crippen LogP contribution in [0.3, 0.4) is 0 Å². The van der Waals surface area contributed by atoms with Crippen LogP contribution in [0.1, 0.15) is 94.9 Å². The number of pyridine rings is 4. The van der Waals surface area contributed by atoms with Crippen LogP contribution in [0.4, 0.5) is 29.2 Å². The van der Waals surface area contributed by atoms with E-state index in [4.69, 9.17) is 38.7 Å². The lowest BCUT2D eigenvalue weighted by molar-refractivity contribution is -0.120. The fourth-order valence-electron chi connectivity index (χ4n) is 8.51. The standard InChI is InChI=1S/C23H26N4O3.C18H18BrN3O2.C8H4BrClN2O.C8H5BrN2O.C6H10O.CH4/c1-3-29-15-17-8-7-16(2)19(12-17)26-23-25-14-20(30-23)18-9-10-24-21(13-18)27-11-5-4-6-22(27)28;1-3-23-11-13-5-4-12(2)15(8-13)22-18-21-10-16(24-18)14-6-7-20-17(19)9-14;9-7-3-5(1-2-11-7)6-4-12-8(10)13-6;9-8-3-6(1-2-11-8)7-4-10-5-12-7;7-6-4-2-1-3-5-6;/h7-10,12-14H,3-6,11,15H2,1-2H3,(H,25,26);4-10H,3,11H2,1-2H3,(H,21,22);1-4H;1-5H;1-5H2;1H4. The molecule has 0 bridgehead atoms. The molecule has 454 valence electrons. The number of nitrogens with zero attached hydrogens (tertiary/aromatic N) is 9. The average molecular weight is 1390 g/mol. The van der Waals surface area contributed by atoms with E-state index < -0.39 is 0 Å². The van der Waals surface area contributed by atoms with E-state index in [1.54, 1.807) is 54.5 Å². The molecule has 23 heteroatoms. The van der Waals surface area contributed by atoms with Gasteiger partial charge in [0, 0.05) is 97.4 Å². The molecular formula is C64H67Br3ClN11O8. The predicted octanol–water partition coefficient (Wildman–Crippen LogP) is 17.7. The van der Waals surface area contributed by atoms with Crippen molar-refractivity contribution in [2.45, 2.75) is 99.7 Å². The summed E-state index contributed by atoms with van der Waals surface area (Å²) in [5, 5.41) is 6.63. The number of hydrogen-bond acceptors (Lipinski definition) is 18. The van der Waals surface area contributed by atoms with Gasteiger partial charge in [-0.15, -0.1) is 0 Å². The summed E-state index contributed by atoms with van der Waals surface area (Å²) in [7, 11) is 0. The summed E-state index contributed by atoms with van der Waals surface area (Å²) in [6.45, 7) is 11.3. The zero-order chi connectivity index (χ0) is 60.6. The third-order valence-corrected chi connectivity index (χ3v) is 14.5. The first-order valence-electron chi connectivity index (χ1n) is 27.7. The number of oxazole rings is 4. The Morgan fingerprint density at radius 3 is 1.45 bits per heavy atom. The number of aryl methyl sites for hydroxylation is 2. The molecule has 2 N–H and O–H groups in total. The summed E-state index contributed by atoms with van der Waals surface area (Å²) in [6.07, 6.45) is 22.6. The Morgan fingerprint density at radius 2 is 1.01 bits per heavy atom. The van der Waals surface area contributed by atoms with Gasteiger partial charge in [0.2, 0.25) is 5.91 Å². The molecule has 0 unspecified atom stereocenters. The highest BCUT2D eigenvalue weighted by Gasteiger charge is 2.22. The van der Waals surface area contributed by atoms with Crippen molar-refractivity contribution in [1.29, 1.82) is 0 Å². The van der Waals surface area contributed by atoms with Crippen LogP contribution < -0.4 is 15.5 Å². The fourth-order valence-corrected chi connectivity index (χ4v) is 9.74. The quantitative estimate of drug-likeness (QED) is 0.0908. The molecule has 2 aliphatic rings. The fraction of sp³-hybridized carbons (Fsp3) is 0.281. The molecule has 87 heavy (non-hydrogen) atoms. The molecule has 1 saturated heterocycles. The monoisotopic (exact) mass is 1390 g/mol. The van der Waals surface area contributed by atoms with Crippen molar-refractivity contribution in [3.8, 4) is 45.3 Å². The molecule has 1 aliphatic heterocycles. The Kier molecular flexibility index (Phi) is 26.5. The van der Waals surface area contributed by atoms with Gasteiger partial charge in [-0.3, -0.25) is 14.5 Å². The van der Waals surface area contributed by atoms with Crippen molar-refractivity contribution < 1.29 is 36.7 Å². The number of amides is 1. The zero-order valence-electron chi connectivity index (χ0n) is 47.8. The molecule has 1 aliphatic carbocycles. The molecule has 2 aromatic carbocycles. The molecule has 1 amide bonds. The van der Waals surface area contributed by atoms with Gasteiger partial charge in [-0.1, -0.05) is 38.1 Å². The van der Waals surface area contributed by atoms with Gasteiger partial charge in [0.1, 0.15) is 25.4 Å². The molecule has 2 fully saturated rings. The largest absolute Gasteiger partial charge is 0.444 e. The lowest BCUT2D eigenvalue weighted by atomic mass is 10.00. The Labute approximate surface area is 536 Å². The molecule has 12 rings (SSSR count). The predicted molar refractivity (Wildman–Crippen MR) is 348 cm³/mol. The highest BCUT2D eigenvalue weighted by atomic mass is 79.9. The Morgan fingerprint density at radius 1 is 0.540 bits per heavy atom. The van der Waals surface area contributed by atoms with E-state index in [2.05, 4.69) is 123 Å². The normalized spacial score (nSPS) is 12.6. The van der Waals surface area contributed by atoms with E-state index in [1.165, 1.54) is 12.8 Å². The summed E-state index contributed by atoms with van der Waals surface area (Å²) in [6, 6.07) is 28.1. The molecule has 0 atom stereocenters. The third kappa shape index (κ3) is 21.0. The van der Waals surface area contributed by atoms with Crippen molar-refractivity contribution in [3.63, 3.8) is 0 Å². The molecular weight excluding hydrogens is 1330 g/mol. The Hall–Kier alpha value is -7.73. The Balaban J connectivity index is 0.000000168. The van der Waals surface area contributed by atoms with Crippen molar-refractivity contribution >= 4 is 100 Å². The summed E-state index contributed by atoms with van der Waals surface area (Å²) in [5.41, 5.74) is 9.88. The SMILES string of the molecule is Brc1cc(-c2cnco2)ccn1.C.CCOCc1ccc(C)c(Nc2ncc(-c3ccnc(Br)c3)o2)c1.CCOCc1ccc(C)c(Nc2ncc(-c3ccnc(N4CCCCC4=O)c3)o2)c1.Clc1ncc(-c2ccnc(Br)c2)o1.O=C1CCCCC1. The van der Waals surface area contributed by atoms with Gasteiger partial charge < -0.3 is 37.8 Å². The van der Waals surface area contributed by atoms with Crippen LogP contribution in [-0.2, 0) is 32.3 Å². The van der Waals surface area contributed by atoms with Crippen LogP contribution in [-0.4, -0.2) is 71.3 Å². The van der Waals surface area contributed by atoms with Gasteiger partial charge >= 0.3 is 0 Å². The first-order chi connectivity index (χ1) is 41.8. The second-order valence-electron chi connectivity index (χ2n) is 19.3. The van der Waals surface area contributed by atoms with Crippen LogP contribution in [0.15, 0.2) is 172 Å². The first kappa shape index (κ1) is 66.8. The molecule has 0 radical (unpaired) electrons. The number of nitrogens with one attached hydrogen (secondary N) is 2. The third-order valence-electron chi connectivity index (χ3n) is 13.0. The van der Waals surface area contributed by atoms with E-state index in [0.29, 0.717) is 80.3 Å². The maximum absolute atomic E-state index is 12.2. The summed E-state index contributed by atoms with van der Waals surface area (Å²) in [4.78, 5) is 57.2. The van der Waals surface area contributed by atoms with Crippen molar-refractivity contribution in [2.24, 2.45) is 0 Å². The molecule has 8 aromatic heterocycles. The maximum atomic E-state index is 12.2. The van der Waals surface area contributed by atoms with Crippen LogP contribution in [0.2, 0.25) is 5.35 Å². The van der Waals surface area contributed by atoms with Crippen molar-refractivity contribution in [1.82, 2.24) is 39.9 Å². The number of piperidine rings is 1.